The van der Waals surface area contributed by atoms with Crippen LogP contribution in [0, 0.1) is 0 Å². The Morgan fingerprint density at radius 3 is 3.19 bits per heavy atom. The van der Waals surface area contributed by atoms with Gasteiger partial charge in [-0.05, 0) is 19.3 Å². The number of ether oxygens (including phenoxy) is 1. The van der Waals surface area contributed by atoms with E-state index in [4.69, 9.17) is 4.74 Å². The maximum atomic E-state index is 5.66. The Morgan fingerprint density at radius 2 is 2.50 bits per heavy atom. The topological polar surface area (TPSA) is 39.1 Å². The lowest BCUT2D eigenvalue weighted by molar-refractivity contribution is 0.0171. The van der Waals surface area contributed by atoms with Crippen molar-refractivity contribution in [3.63, 3.8) is 0 Å². The fraction of sp³-hybridized carbons (Fsp3) is 0.750. The van der Waals surface area contributed by atoms with Gasteiger partial charge in [-0.25, -0.2) is 4.98 Å². The number of rotatable bonds is 5. The van der Waals surface area contributed by atoms with Crippen molar-refractivity contribution in [1.82, 2.24) is 14.9 Å². The van der Waals surface area contributed by atoms with Crippen molar-refractivity contribution >= 4 is 0 Å². The molecule has 1 N–H and O–H groups in total. The first-order chi connectivity index (χ1) is 7.86. The van der Waals surface area contributed by atoms with Gasteiger partial charge in [-0.2, -0.15) is 0 Å². The molecule has 1 unspecified atom stereocenters. The summed E-state index contributed by atoms with van der Waals surface area (Å²) in [5, 5.41) is 3.44. The van der Waals surface area contributed by atoms with Crippen molar-refractivity contribution in [1.29, 1.82) is 0 Å². The van der Waals surface area contributed by atoms with Crippen LogP contribution >= 0.6 is 0 Å². The van der Waals surface area contributed by atoms with E-state index in [9.17, 15) is 0 Å². The summed E-state index contributed by atoms with van der Waals surface area (Å²) in [4.78, 5) is 4.29. The average Bonchev–Trinajstić information content (AvgIpc) is 2.72. The highest BCUT2D eigenvalue weighted by atomic mass is 16.5. The van der Waals surface area contributed by atoms with E-state index in [1.165, 1.54) is 19.3 Å². The molecular weight excluding hydrogens is 202 g/mol. The first-order valence-corrected chi connectivity index (χ1v) is 6.15. The summed E-state index contributed by atoms with van der Waals surface area (Å²) in [5.41, 5.74) is 0. The van der Waals surface area contributed by atoms with Gasteiger partial charge in [-0.1, -0.05) is 0 Å². The van der Waals surface area contributed by atoms with Crippen LogP contribution in [0.5, 0.6) is 0 Å². The molecule has 16 heavy (non-hydrogen) atoms. The molecular formula is C12H21N3O. The lowest BCUT2D eigenvalue weighted by Gasteiger charge is -2.22. The number of aromatic nitrogens is 2. The van der Waals surface area contributed by atoms with Gasteiger partial charge < -0.3 is 14.6 Å². The Morgan fingerprint density at radius 1 is 1.56 bits per heavy atom. The van der Waals surface area contributed by atoms with E-state index in [1.54, 1.807) is 0 Å². The van der Waals surface area contributed by atoms with Gasteiger partial charge in [0.2, 0.25) is 0 Å². The Labute approximate surface area is 97.0 Å². The quantitative estimate of drug-likeness (QED) is 0.760. The molecule has 0 spiro atoms. The van der Waals surface area contributed by atoms with Gasteiger partial charge in [0.25, 0.3) is 0 Å². The van der Waals surface area contributed by atoms with Gasteiger partial charge >= 0.3 is 0 Å². The molecule has 0 aromatic carbocycles. The van der Waals surface area contributed by atoms with Crippen LogP contribution in [-0.2, 0) is 18.2 Å². The lowest BCUT2D eigenvalue weighted by atomic mass is 10.1. The van der Waals surface area contributed by atoms with Crippen LogP contribution in [0.4, 0.5) is 0 Å². The molecule has 4 nitrogen and oxygen atoms in total. The third-order valence-corrected chi connectivity index (χ3v) is 3.09. The average molecular weight is 223 g/mol. The Balaban J connectivity index is 1.59. The van der Waals surface area contributed by atoms with Gasteiger partial charge in [0, 0.05) is 45.6 Å². The monoisotopic (exact) mass is 223 g/mol. The predicted molar refractivity (Wildman–Crippen MR) is 63.4 cm³/mol. The van der Waals surface area contributed by atoms with Crippen LogP contribution in [0.3, 0.4) is 0 Å². The van der Waals surface area contributed by atoms with E-state index in [1.807, 2.05) is 19.4 Å². The second-order valence-electron chi connectivity index (χ2n) is 4.40. The molecule has 1 saturated heterocycles. The third-order valence-electron chi connectivity index (χ3n) is 3.09. The van der Waals surface area contributed by atoms with E-state index < -0.39 is 0 Å². The summed E-state index contributed by atoms with van der Waals surface area (Å²) in [5.74, 6) is 1.14. The number of imidazole rings is 1. The van der Waals surface area contributed by atoms with Gasteiger partial charge in [0.15, 0.2) is 0 Å². The number of hydrogen-bond donors (Lipinski definition) is 1. The molecule has 1 atom stereocenters. The highest BCUT2D eigenvalue weighted by Gasteiger charge is 2.12. The molecule has 1 fully saturated rings. The van der Waals surface area contributed by atoms with Crippen molar-refractivity contribution < 1.29 is 4.74 Å². The minimum Gasteiger partial charge on any atom is -0.377 e. The maximum Gasteiger partial charge on any atom is 0.109 e. The Hall–Kier alpha value is -0.870. The second-order valence-corrected chi connectivity index (χ2v) is 4.40. The maximum absolute atomic E-state index is 5.66. The van der Waals surface area contributed by atoms with Crippen LogP contribution in [0.1, 0.15) is 25.1 Å². The summed E-state index contributed by atoms with van der Waals surface area (Å²) in [6.07, 6.45) is 8.98. The minimum atomic E-state index is 0.426. The fourth-order valence-electron chi connectivity index (χ4n) is 2.07. The molecule has 4 heteroatoms. The number of nitrogens with zero attached hydrogens (tertiary/aromatic N) is 2. The van der Waals surface area contributed by atoms with Crippen molar-refractivity contribution in [2.24, 2.45) is 7.05 Å². The Bertz CT molecular complexity index is 305. The van der Waals surface area contributed by atoms with Crippen LogP contribution in [-0.4, -0.2) is 35.4 Å². The molecule has 1 aromatic rings. The first-order valence-electron chi connectivity index (χ1n) is 6.15. The molecule has 1 aliphatic rings. The summed E-state index contributed by atoms with van der Waals surface area (Å²) in [6.45, 7) is 2.89. The molecule has 0 radical (unpaired) electrons. The van der Waals surface area contributed by atoms with Crippen molar-refractivity contribution in [2.75, 3.05) is 19.7 Å². The summed E-state index contributed by atoms with van der Waals surface area (Å²) in [6, 6.07) is 0. The summed E-state index contributed by atoms with van der Waals surface area (Å²) < 4.78 is 7.72. The molecule has 2 heterocycles. The zero-order chi connectivity index (χ0) is 11.2. The molecule has 0 amide bonds. The number of hydrogen-bond acceptors (Lipinski definition) is 3. The van der Waals surface area contributed by atoms with Crippen molar-refractivity contribution in [2.45, 2.75) is 31.8 Å². The molecule has 1 aliphatic heterocycles. The molecule has 2 rings (SSSR count). The standard InChI is InChI=1S/C12H21N3O/c1-15-8-7-14-12(15)5-6-13-10-11-4-2-3-9-16-11/h7-8,11,13H,2-6,9-10H2,1H3. The van der Waals surface area contributed by atoms with Crippen LogP contribution in [0.2, 0.25) is 0 Å². The van der Waals surface area contributed by atoms with E-state index in [0.29, 0.717) is 6.10 Å². The normalized spacial score (nSPS) is 21.2. The zero-order valence-electron chi connectivity index (χ0n) is 9.98. The lowest BCUT2D eigenvalue weighted by Crippen LogP contribution is -2.33. The van der Waals surface area contributed by atoms with Crippen LogP contribution < -0.4 is 5.32 Å². The largest absolute Gasteiger partial charge is 0.377 e. The van der Waals surface area contributed by atoms with Crippen LogP contribution in [0.25, 0.3) is 0 Å². The van der Waals surface area contributed by atoms with E-state index in [2.05, 4.69) is 14.9 Å². The summed E-state index contributed by atoms with van der Waals surface area (Å²) >= 11 is 0. The minimum absolute atomic E-state index is 0.426. The van der Waals surface area contributed by atoms with E-state index >= 15 is 0 Å². The number of aryl methyl sites for hydroxylation is 1. The summed E-state index contributed by atoms with van der Waals surface area (Å²) in [7, 11) is 2.03. The zero-order valence-corrected chi connectivity index (χ0v) is 9.98. The molecule has 0 bridgehead atoms. The smallest absolute Gasteiger partial charge is 0.109 e. The van der Waals surface area contributed by atoms with Crippen molar-refractivity contribution in [3.8, 4) is 0 Å². The van der Waals surface area contributed by atoms with Gasteiger partial charge in [-0.15, -0.1) is 0 Å². The van der Waals surface area contributed by atoms with Gasteiger partial charge in [0.1, 0.15) is 5.82 Å². The van der Waals surface area contributed by atoms with E-state index in [0.717, 1.165) is 31.9 Å². The van der Waals surface area contributed by atoms with E-state index in [-0.39, 0.29) is 0 Å². The Kier molecular flexibility index (Phi) is 4.36. The van der Waals surface area contributed by atoms with Gasteiger partial charge in [0.05, 0.1) is 6.10 Å². The fourth-order valence-corrected chi connectivity index (χ4v) is 2.07. The van der Waals surface area contributed by atoms with Crippen molar-refractivity contribution in [3.05, 3.63) is 18.2 Å². The molecule has 1 aromatic heterocycles. The first kappa shape index (κ1) is 11.6. The third kappa shape index (κ3) is 3.32. The second kappa shape index (κ2) is 6.01. The highest BCUT2D eigenvalue weighted by Crippen LogP contribution is 2.11. The molecule has 0 aliphatic carbocycles. The predicted octanol–water partition coefficient (Wildman–Crippen LogP) is 1.12. The molecule has 0 saturated carbocycles. The highest BCUT2D eigenvalue weighted by molar-refractivity contribution is 4.91. The van der Waals surface area contributed by atoms with Gasteiger partial charge in [-0.3, -0.25) is 0 Å². The van der Waals surface area contributed by atoms with Crippen LogP contribution in [0.15, 0.2) is 12.4 Å². The molecule has 90 valence electrons. The number of nitrogens with one attached hydrogen (secondary N) is 1. The SMILES string of the molecule is Cn1ccnc1CCNCC1CCCCO1.